The number of benzene rings is 1. The van der Waals surface area contributed by atoms with E-state index in [9.17, 15) is 0 Å². The molecule has 0 saturated carbocycles. The standard InChI is InChI=1S/C13H17Cl2NO/c14-10-7-11(15)9-12(8-10)16-5-1-3-13-4-2-6-17-13/h7-9,13,16H,1-6H2. The quantitative estimate of drug-likeness (QED) is 0.805. The minimum atomic E-state index is 0.472. The second kappa shape index (κ2) is 6.48. The van der Waals surface area contributed by atoms with E-state index >= 15 is 0 Å². The molecular formula is C13H17Cl2NO. The van der Waals surface area contributed by atoms with Crippen LogP contribution in [0.25, 0.3) is 0 Å². The monoisotopic (exact) mass is 273 g/mol. The van der Waals surface area contributed by atoms with Gasteiger partial charge in [0.15, 0.2) is 0 Å². The lowest BCUT2D eigenvalue weighted by Gasteiger charge is -2.10. The second-order valence-electron chi connectivity index (χ2n) is 4.36. The molecule has 1 aliphatic rings. The Hall–Kier alpha value is -0.440. The minimum absolute atomic E-state index is 0.472. The molecule has 1 aromatic rings. The van der Waals surface area contributed by atoms with Gasteiger partial charge in [0.1, 0.15) is 0 Å². The molecule has 0 amide bonds. The first-order valence-electron chi connectivity index (χ1n) is 6.05. The van der Waals surface area contributed by atoms with Crippen LogP contribution in [0.15, 0.2) is 18.2 Å². The van der Waals surface area contributed by atoms with Crippen molar-refractivity contribution in [2.45, 2.75) is 31.8 Å². The van der Waals surface area contributed by atoms with Crippen molar-refractivity contribution in [2.24, 2.45) is 0 Å². The molecule has 2 rings (SSSR count). The van der Waals surface area contributed by atoms with Crippen LogP contribution in [0.1, 0.15) is 25.7 Å². The maximum Gasteiger partial charge on any atom is 0.0576 e. The number of rotatable bonds is 5. The molecule has 1 saturated heterocycles. The van der Waals surface area contributed by atoms with Crippen LogP contribution < -0.4 is 5.32 Å². The van der Waals surface area contributed by atoms with E-state index in [1.54, 1.807) is 6.07 Å². The molecule has 0 radical (unpaired) electrons. The third-order valence-electron chi connectivity index (χ3n) is 2.92. The van der Waals surface area contributed by atoms with E-state index in [0.717, 1.165) is 31.7 Å². The van der Waals surface area contributed by atoms with Crippen molar-refractivity contribution < 1.29 is 4.74 Å². The van der Waals surface area contributed by atoms with Gasteiger partial charge >= 0.3 is 0 Å². The Morgan fingerprint density at radius 1 is 1.24 bits per heavy atom. The molecule has 0 aromatic heterocycles. The predicted octanol–water partition coefficient (Wildman–Crippen LogP) is 4.36. The largest absolute Gasteiger partial charge is 0.385 e. The Balaban J connectivity index is 1.70. The van der Waals surface area contributed by atoms with E-state index in [2.05, 4.69) is 5.32 Å². The van der Waals surface area contributed by atoms with Gasteiger partial charge in [-0.3, -0.25) is 0 Å². The molecule has 1 aliphatic heterocycles. The molecule has 1 aromatic carbocycles. The summed E-state index contributed by atoms with van der Waals surface area (Å²) in [6.07, 6.45) is 5.13. The number of ether oxygens (including phenoxy) is 1. The van der Waals surface area contributed by atoms with Gasteiger partial charge in [-0.05, 0) is 43.9 Å². The first kappa shape index (κ1) is 13.0. The Morgan fingerprint density at radius 2 is 2.00 bits per heavy atom. The molecule has 0 aliphatic carbocycles. The zero-order valence-electron chi connectivity index (χ0n) is 9.72. The smallest absolute Gasteiger partial charge is 0.0576 e. The molecule has 1 atom stereocenters. The van der Waals surface area contributed by atoms with Crippen LogP contribution in [0.5, 0.6) is 0 Å². The van der Waals surface area contributed by atoms with Gasteiger partial charge in [0.05, 0.1) is 6.10 Å². The highest BCUT2D eigenvalue weighted by Crippen LogP contribution is 2.22. The topological polar surface area (TPSA) is 21.3 Å². The molecule has 4 heteroatoms. The Bertz CT molecular complexity index is 344. The van der Waals surface area contributed by atoms with Crippen LogP contribution in [0.3, 0.4) is 0 Å². The van der Waals surface area contributed by atoms with Gasteiger partial charge in [0, 0.05) is 28.9 Å². The van der Waals surface area contributed by atoms with Gasteiger partial charge < -0.3 is 10.1 Å². The zero-order chi connectivity index (χ0) is 12.1. The van der Waals surface area contributed by atoms with Gasteiger partial charge in [-0.25, -0.2) is 0 Å². The van der Waals surface area contributed by atoms with Crippen LogP contribution in [0, 0.1) is 0 Å². The van der Waals surface area contributed by atoms with E-state index in [1.165, 1.54) is 12.8 Å². The van der Waals surface area contributed by atoms with Crippen molar-refractivity contribution in [3.05, 3.63) is 28.2 Å². The molecule has 0 bridgehead atoms. The van der Waals surface area contributed by atoms with Gasteiger partial charge in [-0.1, -0.05) is 23.2 Å². The highest BCUT2D eigenvalue weighted by Gasteiger charge is 2.14. The zero-order valence-corrected chi connectivity index (χ0v) is 11.2. The summed E-state index contributed by atoms with van der Waals surface area (Å²) < 4.78 is 5.57. The molecule has 2 nitrogen and oxygen atoms in total. The Labute approximate surface area is 112 Å². The van der Waals surface area contributed by atoms with Crippen molar-refractivity contribution in [2.75, 3.05) is 18.5 Å². The lowest BCUT2D eigenvalue weighted by Crippen LogP contribution is -2.09. The van der Waals surface area contributed by atoms with E-state index < -0.39 is 0 Å². The maximum atomic E-state index is 5.92. The fourth-order valence-electron chi connectivity index (χ4n) is 2.09. The second-order valence-corrected chi connectivity index (χ2v) is 5.24. The SMILES string of the molecule is Clc1cc(Cl)cc(NCCCC2CCCO2)c1. The number of hydrogen-bond donors (Lipinski definition) is 1. The maximum absolute atomic E-state index is 5.92. The van der Waals surface area contributed by atoms with Gasteiger partial charge in [0.25, 0.3) is 0 Å². The first-order valence-corrected chi connectivity index (χ1v) is 6.81. The summed E-state index contributed by atoms with van der Waals surface area (Å²) >= 11 is 11.8. The summed E-state index contributed by atoms with van der Waals surface area (Å²) in [6.45, 7) is 1.86. The lowest BCUT2D eigenvalue weighted by atomic mass is 10.1. The average Bonchev–Trinajstić information content (AvgIpc) is 2.76. The Kier molecular flexibility index (Phi) is 4.96. The molecule has 1 fully saturated rings. The van der Waals surface area contributed by atoms with Crippen molar-refractivity contribution in [1.29, 1.82) is 0 Å². The van der Waals surface area contributed by atoms with Crippen molar-refractivity contribution in [1.82, 2.24) is 0 Å². The molecule has 1 unspecified atom stereocenters. The van der Waals surface area contributed by atoms with Crippen LogP contribution in [-0.4, -0.2) is 19.3 Å². The molecule has 17 heavy (non-hydrogen) atoms. The number of nitrogens with one attached hydrogen (secondary N) is 1. The summed E-state index contributed by atoms with van der Waals surface area (Å²) in [6, 6.07) is 5.51. The molecular weight excluding hydrogens is 257 g/mol. The molecule has 1 heterocycles. The van der Waals surface area contributed by atoms with Crippen molar-refractivity contribution in [3.63, 3.8) is 0 Å². The summed E-state index contributed by atoms with van der Waals surface area (Å²) in [7, 11) is 0. The van der Waals surface area contributed by atoms with Crippen LogP contribution >= 0.6 is 23.2 Å². The van der Waals surface area contributed by atoms with Crippen LogP contribution in [0.2, 0.25) is 10.0 Å². The normalized spacial score (nSPS) is 19.5. The fourth-order valence-corrected chi connectivity index (χ4v) is 2.62. The van der Waals surface area contributed by atoms with E-state index in [4.69, 9.17) is 27.9 Å². The Morgan fingerprint density at radius 3 is 2.65 bits per heavy atom. The highest BCUT2D eigenvalue weighted by atomic mass is 35.5. The third-order valence-corrected chi connectivity index (χ3v) is 3.35. The highest BCUT2D eigenvalue weighted by molar-refractivity contribution is 6.35. The average molecular weight is 274 g/mol. The third kappa shape index (κ3) is 4.38. The number of hydrogen-bond acceptors (Lipinski definition) is 2. The number of halogens is 2. The van der Waals surface area contributed by atoms with Crippen LogP contribution in [-0.2, 0) is 4.74 Å². The number of anilines is 1. The minimum Gasteiger partial charge on any atom is -0.385 e. The van der Waals surface area contributed by atoms with Gasteiger partial charge in [0.2, 0.25) is 0 Å². The first-order chi connectivity index (χ1) is 8.24. The summed E-state index contributed by atoms with van der Waals surface area (Å²) in [5, 5.41) is 4.66. The van der Waals surface area contributed by atoms with Crippen molar-refractivity contribution in [3.8, 4) is 0 Å². The van der Waals surface area contributed by atoms with Gasteiger partial charge in [-0.2, -0.15) is 0 Å². The van der Waals surface area contributed by atoms with E-state index in [0.29, 0.717) is 16.1 Å². The molecule has 94 valence electrons. The van der Waals surface area contributed by atoms with Crippen molar-refractivity contribution >= 4 is 28.9 Å². The van der Waals surface area contributed by atoms with Crippen LogP contribution in [0.4, 0.5) is 5.69 Å². The summed E-state index contributed by atoms with van der Waals surface area (Å²) in [4.78, 5) is 0. The predicted molar refractivity (Wildman–Crippen MR) is 73.2 cm³/mol. The van der Waals surface area contributed by atoms with E-state index in [1.807, 2.05) is 12.1 Å². The van der Waals surface area contributed by atoms with E-state index in [-0.39, 0.29) is 0 Å². The lowest BCUT2D eigenvalue weighted by molar-refractivity contribution is 0.103. The van der Waals surface area contributed by atoms with Gasteiger partial charge in [-0.15, -0.1) is 0 Å². The molecule has 1 N–H and O–H groups in total. The molecule has 0 spiro atoms. The summed E-state index contributed by atoms with van der Waals surface area (Å²) in [5.74, 6) is 0. The summed E-state index contributed by atoms with van der Waals surface area (Å²) in [5.41, 5.74) is 0.981. The fraction of sp³-hybridized carbons (Fsp3) is 0.538.